The molecule has 0 saturated carbocycles. The second-order valence-electron chi connectivity index (χ2n) is 7.47. The van der Waals surface area contributed by atoms with E-state index in [4.69, 9.17) is 4.98 Å². The number of rotatable bonds is 7. The number of thiazole rings is 1. The van der Waals surface area contributed by atoms with Crippen LogP contribution in [0.5, 0.6) is 0 Å². The van der Waals surface area contributed by atoms with Crippen LogP contribution in [0.4, 0.5) is 0 Å². The maximum atomic E-state index is 4.70. The van der Waals surface area contributed by atoms with Gasteiger partial charge in [-0.1, -0.05) is 6.92 Å². The third-order valence-corrected chi connectivity index (χ3v) is 6.28. The van der Waals surface area contributed by atoms with Crippen molar-refractivity contribution in [2.45, 2.75) is 64.6 Å². The van der Waals surface area contributed by atoms with Crippen molar-refractivity contribution in [1.29, 1.82) is 0 Å². The smallest absolute Gasteiger partial charge is 0.137 e. The summed E-state index contributed by atoms with van der Waals surface area (Å²) in [6.45, 7) is 12.4. The number of nitrogens with zero attached hydrogens (tertiary/aromatic N) is 5. The highest BCUT2D eigenvalue weighted by atomic mass is 32.1. The zero-order valence-corrected chi connectivity index (χ0v) is 16.5. The molecular weight excluding hydrogens is 332 g/mol. The first-order chi connectivity index (χ1) is 12.0. The van der Waals surface area contributed by atoms with E-state index < -0.39 is 0 Å². The van der Waals surface area contributed by atoms with Gasteiger partial charge in [0.25, 0.3) is 0 Å². The summed E-state index contributed by atoms with van der Waals surface area (Å²) in [7, 11) is 0. The van der Waals surface area contributed by atoms with Gasteiger partial charge in [-0.15, -0.1) is 11.3 Å². The standard InChI is InChI=1S/C18H30N6S/c1-13(2)23-6-5-20-16(10-23)7-14(3)18-21-9-17(25-18)8-15(4)24-12-19-11-22-24/h9,11-16,20H,5-8,10H2,1-4H3. The van der Waals surface area contributed by atoms with Crippen LogP contribution in [0, 0.1) is 0 Å². The van der Waals surface area contributed by atoms with E-state index in [0.29, 0.717) is 24.0 Å². The normalized spacial score (nSPS) is 21.6. The predicted molar refractivity (Wildman–Crippen MR) is 102 cm³/mol. The third-order valence-electron chi connectivity index (χ3n) is 5.03. The van der Waals surface area contributed by atoms with Crippen molar-refractivity contribution < 1.29 is 0 Å². The van der Waals surface area contributed by atoms with Crippen molar-refractivity contribution in [2.24, 2.45) is 0 Å². The fourth-order valence-corrected chi connectivity index (χ4v) is 4.58. The second kappa shape index (κ2) is 8.38. The molecule has 138 valence electrons. The molecule has 2 aromatic heterocycles. The van der Waals surface area contributed by atoms with Crippen LogP contribution in [-0.2, 0) is 6.42 Å². The van der Waals surface area contributed by atoms with Gasteiger partial charge in [-0.05, 0) is 27.2 Å². The largest absolute Gasteiger partial charge is 0.311 e. The Morgan fingerprint density at radius 2 is 2.16 bits per heavy atom. The molecule has 0 aromatic carbocycles. The van der Waals surface area contributed by atoms with Gasteiger partial charge in [-0.3, -0.25) is 4.90 Å². The van der Waals surface area contributed by atoms with Gasteiger partial charge in [0, 0.05) is 55.1 Å². The monoisotopic (exact) mass is 362 g/mol. The molecule has 0 spiro atoms. The molecule has 3 unspecified atom stereocenters. The second-order valence-corrected chi connectivity index (χ2v) is 8.62. The van der Waals surface area contributed by atoms with Crippen molar-refractivity contribution in [1.82, 2.24) is 30.0 Å². The molecule has 3 rings (SSSR count). The molecule has 0 aliphatic carbocycles. The Morgan fingerprint density at radius 3 is 2.88 bits per heavy atom. The molecule has 1 fully saturated rings. The Hall–Kier alpha value is -1.31. The van der Waals surface area contributed by atoms with Gasteiger partial charge in [0.05, 0.1) is 11.0 Å². The molecule has 0 amide bonds. The van der Waals surface area contributed by atoms with Crippen LogP contribution in [0.1, 0.15) is 56.0 Å². The van der Waals surface area contributed by atoms with Gasteiger partial charge in [-0.2, -0.15) is 5.10 Å². The van der Waals surface area contributed by atoms with Crippen molar-refractivity contribution >= 4 is 11.3 Å². The van der Waals surface area contributed by atoms with E-state index in [0.717, 1.165) is 32.5 Å². The summed E-state index contributed by atoms with van der Waals surface area (Å²) in [5.74, 6) is 0.491. The van der Waals surface area contributed by atoms with Gasteiger partial charge in [0.15, 0.2) is 0 Å². The summed E-state index contributed by atoms with van der Waals surface area (Å²) in [4.78, 5) is 12.6. The number of hydrogen-bond donors (Lipinski definition) is 1. The summed E-state index contributed by atoms with van der Waals surface area (Å²) < 4.78 is 1.91. The van der Waals surface area contributed by atoms with Crippen LogP contribution < -0.4 is 5.32 Å². The first-order valence-electron chi connectivity index (χ1n) is 9.29. The van der Waals surface area contributed by atoms with E-state index in [9.17, 15) is 0 Å². The third kappa shape index (κ3) is 4.86. The van der Waals surface area contributed by atoms with Crippen LogP contribution in [0.25, 0.3) is 0 Å². The SMILES string of the molecule is CC(CC1CN(C(C)C)CCN1)c1ncc(CC(C)n2cncn2)s1. The lowest BCUT2D eigenvalue weighted by Gasteiger charge is -2.37. The molecule has 3 atom stereocenters. The summed E-state index contributed by atoms with van der Waals surface area (Å²) >= 11 is 1.85. The van der Waals surface area contributed by atoms with Crippen molar-refractivity contribution in [3.05, 3.63) is 28.7 Å². The van der Waals surface area contributed by atoms with E-state index in [1.165, 1.54) is 9.88 Å². The molecule has 3 heterocycles. The van der Waals surface area contributed by atoms with Crippen molar-refractivity contribution in [3.8, 4) is 0 Å². The lowest BCUT2D eigenvalue weighted by atomic mass is 10.00. The van der Waals surface area contributed by atoms with Gasteiger partial charge in [0.1, 0.15) is 12.7 Å². The molecule has 1 saturated heterocycles. The average molecular weight is 363 g/mol. The Kier molecular flexibility index (Phi) is 6.19. The fraction of sp³-hybridized carbons (Fsp3) is 0.722. The van der Waals surface area contributed by atoms with E-state index in [1.54, 1.807) is 12.7 Å². The lowest BCUT2D eigenvalue weighted by molar-refractivity contribution is 0.155. The molecule has 1 aliphatic heterocycles. The van der Waals surface area contributed by atoms with Gasteiger partial charge >= 0.3 is 0 Å². The zero-order chi connectivity index (χ0) is 17.8. The summed E-state index contributed by atoms with van der Waals surface area (Å²) in [6, 6.07) is 1.50. The number of nitrogens with one attached hydrogen (secondary N) is 1. The lowest BCUT2D eigenvalue weighted by Crippen LogP contribution is -2.53. The van der Waals surface area contributed by atoms with Crippen LogP contribution in [0.3, 0.4) is 0 Å². The molecular formula is C18H30N6S. The van der Waals surface area contributed by atoms with Gasteiger partial charge < -0.3 is 5.32 Å². The molecule has 1 N–H and O–H groups in total. The first-order valence-corrected chi connectivity index (χ1v) is 10.1. The zero-order valence-electron chi connectivity index (χ0n) is 15.7. The molecule has 6 nitrogen and oxygen atoms in total. The van der Waals surface area contributed by atoms with E-state index >= 15 is 0 Å². The van der Waals surface area contributed by atoms with Crippen LogP contribution >= 0.6 is 11.3 Å². The molecule has 25 heavy (non-hydrogen) atoms. The number of hydrogen-bond acceptors (Lipinski definition) is 6. The highest BCUT2D eigenvalue weighted by Gasteiger charge is 2.24. The maximum absolute atomic E-state index is 4.70. The number of aromatic nitrogens is 4. The molecule has 7 heteroatoms. The topological polar surface area (TPSA) is 58.9 Å². The number of piperazine rings is 1. The fourth-order valence-electron chi connectivity index (χ4n) is 3.48. The van der Waals surface area contributed by atoms with E-state index in [2.05, 4.69) is 48.0 Å². The summed E-state index contributed by atoms with van der Waals surface area (Å²) in [6.07, 6.45) is 7.52. The summed E-state index contributed by atoms with van der Waals surface area (Å²) in [5.41, 5.74) is 0. The maximum Gasteiger partial charge on any atom is 0.137 e. The van der Waals surface area contributed by atoms with E-state index in [1.807, 2.05) is 22.2 Å². The Morgan fingerprint density at radius 1 is 1.32 bits per heavy atom. The first kappa shape index (κ1) is 18.5. The predicted octanol–water partition coefficient (Wildman–Crippen LogP) is 2.71. The van der Waals surface area contributed by atoms with E-state index in [-0.39, 0.29) is 0 Å². The minimum absolute atomic E-state index is 0.311. The minimum atomic E-state index is 0.311. The average Bonchev–Trinajstić information content (AvgIpc) is 3.26. The minimum Gasteiger partial charge on any atom is -0.311 e. The van der Waals surface area contributed by atoms with Crippen molar-refractivity contribution in [3.63, 3.8) is 0 Å². The summed E-state index contributed by atoms with van der Waals surface area (Å²) in [5, 5.41) is 9.16. The molecule has 0 bridgehead atoms. The van der Waals surface area contributed by atoms with Crippen LogP contribution in [0.15, 0.2) is 18.9 Å². The molecule has 0 radical (unpaired) electrons. The van der Waals surface area contributed by atoms with Crippen LogP contribution in [-0.4, -0.2) is 56.4 Å². The molecule has 2 aromatic rings. The molecule has 1 aliphatic rings. The van der Waals surface area contributed by atoms with Gasteiger partial charge in [0.2, 0.25) is 0 Å². The van der Waals surface area contributed by atoms with Gasteiger partial charge in [-0.25, -0.2) is 14.6 Å². The Labute approximate surface area is 154 Å². The Bertz CT molecular complexity index is 638. The quantitative estimate of drug-likeness (QED) is 0.821. The highest BCUT2D eigenvalue weighted by Crippen LogP contribution is 2.28. The van der Waals surface area contributed by atoms with Crippen LogP contribution in [0.2, 0.25) is 0 Å². The highest BCUT2D eigenvalue weighted by molar-refractivity contribution is 7.11. The van der Waals surface area contributed by atoms with Crippen molar-refractivity contribution in [2.75, 3.05) is 19.6 Å². The Balaban J connectivity index is 1.54.